The molecule has 2 atom stereocenters. The summed E-state index contributed by atoms with van der Waals surface area (Å²) in [6.07, 6.45) is 3.44. The molecule has 0 radical (unpaired) electrons. The van der Waals surface area contributed by atoms with Gasteiger partial charge in [0, 0.05) is 31.7 Å². The van der Waals surface area contributed by atoms with Gasteiger partial charge in [-0.25, -0.2) is 0 Å². The molecule has 2 unspecified atom stereocenters. The molecule has 5 rings (SSSR count). The highest BCUT2D eigenvalue weighted by atomic mass is 16.5. The van der Waals surface area contributed by atoms with Crippen molar-refractivity contribution < 1.29 is 14.2 Å². The third-order valence-corrected chi connectivity index (χ3v) is 6.74. The average molecular weight is 475 g/mol. The number of nitrogens with zero attached hydrogens (tertiary/aromatic N) is 4. The number of hydrogen-bond donors (Lipinski definition) is 0. The van der Waals surface area contributed by atoms with Crippen LogP contribution < -0.4 is 19.3 Å². The van der Waals surface area contributed by atoms with Gasteiger partial charge in [0.2, 0.25) is 11.8 Å². The lowest BCUT2D eigenvalue weighted by molar-refractivity contribution is 0.0529. The number of rotatable bonds is 8. The predicted molar refractivity (Wildman–Crippen MR) is 137 cm³/mol. The summed E-state index contributed by atoms with van der Waals surface area (Å²) in [4.78, 5) is 14.6. The fraction of sp³-hybridized carbons (Fsp3) is 0.429. The molecule has 2 aliphatic rings. The summed E-state index contributed by atoms with van der Waals surface area (Å²) < 4.78 is 17.2. The molecule has 0 aliphatic carbocycles. The Morgan fingerprint density at radius 3 is 2.60 bits per heavy atom. The molecule has 0 saturated carbocycles. The van der Waals surface area contributed by atoms with Crippen LogP contribution in [-0.2, 0) is 17.8 Å². The number of aromatic nitrogens is 2. The van der Waals surface area contributed by atoms with Gasteiger partial charge in [0.05, 0.1) is 19.8 Å². The first-order valence-electron chi connectivity index (χ1n) is 12.5. The number of benzene rings is 2. The highest BCUT2D eigenvalue weighted by Crippen LogP contribution is 2.30. The van der Waals surface area contributed by atoms with Crippen molar-refractivity contribution in [3.8, 4) is 11.6 Å². The number of morpholine rings is 1. The van der Waals surface area contributed by atoms with Gasteiger partial charge < -0.3 is 24.0 Å². The summed E-state index contributed by atoms with van der Waals surface area (Å²) in [6, 6.07) is 21.0. The van der Waals surface area contributed by atoms with Crippen LogP contribution in [0, 0.1) is 0 Å². The van der Waals surface area contributed by atoms with Gasteiger partial charge in [-0.3, -0.25) is 0 Å². The molecule has 3 heterocycles. The van der Waals surface area contributed by atoms with E-state index in [1.165, 1.54) is 5.56 Å². The first kappa shape index (κ1) is 23.4. The van der Waals surface area contributed by atoms with Crippen LogP contribution in [-0.4, -0.2) is 55.5 Å². The quantitative estimate of drug-likeness (QED) is 0.476. The summed E-state index contributed by atoms with van der Waals surface area (Å²) in [5.41, 5.74) is 2.41. The molecule has 7 nitrogen and oxygen atoms in total. The van der Waals surface area contributed by atoms with Crippen LogP contribution in [0.3, 0.4) is 0 Å². The number of hydrogen-bond acceptors (Lipinski definition) is 7. The molecule has 2 aliphatic heterocycles. The van der Waals surface area contributed by atoms with Crippen molar-refractivity contribution in [3.05, 3.63) is 71.8 Å². The van der Waals surface area contributed by atoms with Crippen molar-refractivity contribution in [1.29, 1.82) is 0 Å². The maximum absolute atomic E-state index is 6.20. The van der Waals surface area contributed by atoms with E-state index in [1.54, 1.807) is 7.11 Å². The molecule has 7 heteroatoms. The number of ether oxygens (including phenoxy) is 3. The van der Waals surface area contributed by atoms with Gasteiger partial charge in [-0.15, -0.1) is 0 Å². The molecule has 2 aromatic carbocycles. The molecular weight excluding hydrogens is 440 g/mol. The van der Waals surface area contributed by atoms with E-state index in [9.17, 15) is 0 Å². The molecule has 0 spiro atoms. The van der Waals surface area contributed by atoms with E-state index in [1.807, 2.05) is 30.3 Å². The largest absolute Gasteiger partial charge is 0.497 e. The van der Waals surface area contributed by atoms with E-state index >= 15 is 0 Å². The van der Waals surface area contributed by atoms with Crippen LogP contribution in [0.1, 0.15) is 30.9 Å². The lowest BCUT2D eigenvalue weighted by atomic mass is 10.0. The minimum atomic E-state index is 0.170. The Balaban J connectivity index is 1.39. The molecule has 35 heavy (non-hydrogen) atoms. The van der Waals surface area contributed by atoms with Crippen LogP contribution >= 0.6 is 0 Å². The zero-order valence-corrected chi connectivity index (χ0v) is 20.6. The Bertz CT molecular complexity index is 1090. The zero-order valence-electron chi connectivity index (χ0n) is 20.6. The van der Waals surface area contributed by atoms with E-state index < -0.39 is 0 Å². The van der Waals surface area contributed by atoms with Gasteiger partial charge in [-0.2, -0.15) is 9.97 Å². The van der Waals surface area contributed by atoms with Crippen molar-refractivity contribution >= 4 is 11.8 Å². The van der Waals surface area contributed by atoms with E-state index in [-0.39, 0.29) is 6.10 Å². The SMILES string of the molecule is COc1ccc(COc2cc(N3CCOC(C)C3)nc(N3CCCC3Cc3ccccc3)n2)cc1. The maximum Gasteiger partial charge on any atom is 0.230 e. The molecular formula is C28H34N4O3. The topological polar surface area (TPSA) is 60.0 Å². The smallest absolute Gasteiger partial charge is 0.230 e. The van der Waals surface area contributed by atoms with Crippen molar-refractivity contribution in [2.24, 2.45) is 0 Å². The summed E-state index contributed by atoms with van der Waals surface area (Å²) in [5, 5.41) is 0. The third-order valence-electron chi connectivity index (χ3n) is 6.74. The molecule has 1 aromatic heterocycles. The van der Waals surface area contributed by atoms with Crippen molar-refractivity contribution in [2.45, 2.75) is 44.9 Å². The molecule has 0 bridgehead atoms. The van der Waals surface area contributed by atoms with E-state index in [4.69, 9.17) is 24.2 Å². The van der Waals surface area contributed by atoms with Gasteiger partial charge >= 0.3 is 0 Å². The lowest BCUT2D eigenvalue weighted by Crippen LogP contribution is -2.42. The van der Waals surface area contributed by atoms with E-state index in [0.717, 1.165) is 62.0 Å². The normalized spacial score (nSPS) is 20.2. The summed E-state index contributed by atoms with van der Waals surface area (Å²) >= 11 is 0. The van der Waals surface area contributed by atoms with Crippen LogP contribution in [0.5, 0.6) is 11.6 Å². The van der Waals surface area contributed by atoms with Crippen molar-refractivity contribution in [2.75, 3.05) is 43.2 Å². The van der Waals surface area contributed by atoms with Gasteiger partial charge in [-0.05, 0) is 49.4 Å². The minimum Gasteiger partial charge on any atom is -0.497 e. The Morgan fingerprint density at radius 1 is 1.00 bits per heavy atom. The monoisotopic (exact) mass is 474 g/mol. The fourth-order valence-corrected chi connectivity index (χ4v) is 4.87. The van der Waals surface area contributed by atoms with Crippen LogP contribution in [0.25, 0.3) is 0 Å². The number of anilines is 2. The molecule has 2 saturated heterocycles. The summed E-state index contributed by atoms with van der Waals surface area (Å²) in [7, 11) is 1.67. The van der Waals surface area contributed by atoms with Crippen molar-refractivity contribution in [3.63, 3.8) is 0 Å². The van der Waals surface area contributed by atoms with Gasteiger partial charge in [0.15, 0.2) is 0 Å². The Morgan fingerprint density at radius 2 is 1.83 bits per heavy atom. The zero-order chi connectivity index (χ0) is 24.0. The maximum atomic E-state index is 6.20. The van der Waals surface area contributed by atoms with Gasteiger partial charge in [0.1, 0.15) is 18.2 Å². The Labute approximate surface area is 207 Å². The molecule has 0 amide bonds. The van der Waals surface area contributed by atoms with Crippen molar-refractivity contribution in [1.82, 2.24) is 9.97 Å². The van der Waals surface area contributed by atoms with Gasteiger partial charge in [-0.1, -0.05) is 42.5 Å². The van der Waals surface area contributed by atoms with E-state index in [2.05, 4.69) is 47.1 Å². The molecule has 0 N–H and O–H groups in total. The summed E-state index contributed by atoms with van der Waals surface area (Å²) in [5.74, 6) is 3.09. The van der Waals surface area contributed by atoms with E-state index in [0.29, 0.717) is 25.1 Å². The van der Waals surface area contributed by atoms with Crippen LogP contribution in [0.2, 0.25) is 0 Å². The lowest BCUT2D eigenvalue weighted by Gasteiger charge is -2.33. The second-order valence-electron chi connectivity index (χ2n) is 9.31. The summed E-state index contributed by atoms with van der Waals surface area (Å²) in [6.45, 7) is 5.81. The Hall–Kier alpha value is -3.32. The second-order valence-corrected chi connectivity index (χ2v) is 9.31. The first-order chi connectivity index (χ1) is 17.2. The standard InChI is InChI=1S/C28H34N4O3/c1-21-19-31(15-16-34-21)26-18-27(35-20-23-10-12-25(33-2)13-11-23)30-28(29-26)32-14-6-9-24(32)17-22-7-4-3-5-8-22/h3-5,7-8,10-13,18,21,24H,6,9,14-17,19-20H2,1-2H3. The molecule has 184 valence electrons. The first-order valence-corrected chi connectivity index (χ1v) is 12.5. The molecule has 2 fully saturated rings. The van der Waals surface area contributed by atoms with Crippen LogP contribution in [0.15, 0.2) is 60.7 Å². The molecule has 3 aromatic rings. The van der Waals surface area contributed by atoms with Crippen LogP contribution in [0.4, 0.5) is 11.8 Å². The highest BCUT2D eigenvalue weighted by molar-refractivity contribution is 5.49. The number of methoxy groups -OCH3 is 1. The second kappa shape index (κ2) is 11.0. The van der Waals surface area contributed by atoms with Gasteiger partial charge in [0.25, 0.3) is 0 Å². The Kier molecular flexibility index (Phi) is 7.33. The average Bonchev–Trinajstić information content (AvgIpc) is 3.36. The third kappa shape index (κ3) is 5.85. The fourth-order valence-electron chi connectivity index (χ4n) is 4.87. The minimum absolute atomic E-state index is 0.170. The predicted octanol–water partition coefficient (Wildman–Crippen LogP) is 4.50. The highest BCUT2D eigenvalue weighted by Gasteiger charge is 2.29.